The van der Waals surface area contributed by atoms with Crippen LogP contribution in [0.4, 0.5) is 4.39 Å². The van der Waals surface area contributed by atoms with Crippen LogP contribution < -0.4 is 5.32 Å². The molecule has 2 aromatic rings. The number of allylic oxidation sites excluding steroid dienone is 1. The lowest BCUT2D eigenvalue weighted by molar-refractivity contribution is -0.145. The Hall–Kier alpha value is -3.56. The Bertz CT molecular complexity index is 1400. The third-order valence-electron chi connectivity index (χ3n) is 8.49. The molecule has 206 valence electrons. The molecule has 2 aromatic carbocycles. The van der Waals surface area contributed by atoms with Crippen molar-refractivity contribution in [3.8, 4) is 16.9 Å². The maximum Gasteiger partial charge on any atom is 0.254 e. The topological polar surface area (TPSA) is 127 Å². The van der Waals surface area contributed by atoms with Gasteiger partial charge in [0, 0.05) is 24.6 Å². The molecule has 0 radical (unpaired) electrons. The Kier molecular flexibility index (Phi) is 7.07. The number of benzene rings is 2. The normalized spacial score (nSPS) is 26.3. The Morgan fingerprint density at radius 2 is 1.87 bits per heavy atom. The van der Waals surface area contributed by atoms with Crippen molar-refractivity contribution in [1.29, 1.82) is 0 Å². The number of nitrogens with one attached hydrogen (secondary N) is 1. The van der Waals surface area contributed by atoms with Gasteiger partial charge in [0.2, 0.25) is 0 Å². The number of fused-ring (bicyclic) bond motifs is 3. The Morgan fingerprint density at radius 1 is 1.13 bits per heavy atom. The molecule has 2 fully saturated rings. The van der Waals surface area contributed by atoms with Crippen LogP contribution in [0.2, 0.25) is 0 Å². The lowest BCUT2D eigenvalue weighted by atomic mass is 9.59. The summed E-state index contributed by atoms with van der Waals surface area (Å²) in [5, 5.41) is 35.1. The number of carbonyl (C=O) groups excluding carboxylic acids is 3. The number of rotatable bonds is 5. The molecule has 0 spiro atoms. The van der Waals surface area contributed by atoms with E-state index in [4.69, 9.17) is 0 Å². The number of hydrogen-bond acceptors (Lipinski definition) is 7. The highest BCUT2D eigenvalue weighted by molar-refractivity contribution is 6.16. The van der Waals surface area contributed by atoms with Gasteiger partial charge in [-0.3, -0.25) is 14.4 Å². The van der Waals surface area contributed by atoms with Crippen LogP contribution in [0.25, 0.3) is 16.9 Å². The lowest BCUT2D eigenvalue weighted by Crippen LogP contribution is -2.50. The number of aliphatic hydroxyl groups excluding tert-OH is 2. The minimum absolute atomic E-state index is 0.114. The molecule has 0 aliphatic heterocycles. The van der Waals surface area contributed by atoms with E-state index < -0.39 is 41.4 Å². The molecular formula is C30H33FN2O6. The van der Waals surface area contributed by atoms with Gasteiger partial charge in [0.05, 0.1) is 23.1 Å². The van der Waals surface area contributed by atoms with E-state index in [-0.39, 0.29) is 39.9 Å². The van der Waals surface area contributed by atoms with E-state index >= 15 is 0 Å². The molecule has 8 nitrogen and oxygen atoms in total. The van der Waals surface area contributed by atoms with Gasteiger partial charge < -0.3 is 25.5 Å². The molecule has 0 aromatic heterocycles. The zero-order valence-electron chi connectivity index (χ0n) is 22.2. The minimum atomic E-state index is -0.908. The van der Waals surface area contributed by atoms with Gasteiger partial charge in [-0.25, -0.2) is 4.39 Å². The molecule has 2 saturated carbocycles. The molecule has 0 heterocycles. The molecule has 0 saturated heterocycles. The number of halogens is 1. The van der Waals surface area contributed by atoms with Crippen molar-refractivity contribution in [2.24, 2.45) is 23.7 Å². The maximum atomic E-state index is 14.7. The predicted octanol–water partition coefficient (Wildman–Crippen LogP) is 3.11. The molecule has 0 bridgehead atoms. The molecule has 5 unspecified atom stereocenters. The second-order valence-electron chi connectivity index (χ2n) is 11.2. The zero-order chi connectivity index (χ0) is 28.2. The first-order valence-electron chi connectivity index (χ1n) is 13.3. The van der Waals surface area contributed by atoms with Gasteiger partial charge >= 0.3 is 0 Å². The number of carbonyl (C=O) groups is 3. The highest BCUT2D eigenvalue weighted by Crippen LogP contribution is 2.51. The highest BCUT2D eigenvalue weighted by Gasteiger charge is 2.52. The van der Waals surface area contributed by atoms with E-state index in [9.17, 15) is 34.1 Å². The van der Waals surface area contributed by atoms with Gasteiger partial charge in [0.1, 0.15) is 23.1 Å². The average molecular weight is 537 g/mol. The van der Waals surface area contributed by atoms with Crippen LogP contribution in [-0.2, 0) is 16.0 Å². The van der Waals surface area contributed by atoms with E-state index in [1.807, 2.05) is 19.0 Å². The number of nitrogens with zero attached hydrogens (tertiary/aromatic N) is 1. The molecule has 1 amide bonds. The van der Waals surface area contributed by atoms with Crippen LogP contribution in [0, 0.1) is 29.5 Å². The summed E-state index contributed by atoms with van der Waals surface area (Å²) in [5.74, 6) is -4.83. The van der Waals surface area contributed by atoms with Crippen LogP contribution in [0.5, 0.6) is 5.75 Å². The SMILES string of the molecule is CC1C(=O)C2C(=O)C3=C(O)c4c(O)ccc(-c5ccc(F)c(C(=O)NCCN(C)C)c5)c4CC3CC2CC1O. The maximum absolute atomic E-state index is 14.7. The second-order valence-corrected chi connectivity index (χ2v) is 11.2. The number of phenolic OH excluding ortho intramolecular Hbond substituents is 1. The fourth-order valence-corrected chi connectivity index (χ4v) is 6.40. The van der Waals surface area contributed by atoms with E-state index in [0.29, 0.717) is 49.0 Å². The first-order chi connectivity index (χ1) is 18.5. The lowest BCUT2D eigenvalue weighted by Gasteiger charge is -2.44. The summed E-state index contributed by atoms with van der Waals surface area (Å²) >= 11 is 0. The Labute approximate surface area is 226 Å². The molecule has 3 aliphatic carbocycles. The number of ketones is 2. The number of aliphatic hydroxyl groups is 2. The minimum Gasteiger partial charge on any atom is -0.507 e. The largest absolute Gasteiger partial charge is 0.507 e. The quantitative estimate of drug-likeness (QED) is 0.433. The van der Waals surface area contributed by atoms with E-state index in [0.717, 1.165) is 0 Å². The standard InChI is InChI=1S/C30H33FN2O6/c1-14-23(35)13-17-10-16-12-19-18(15-4-6-21(31)20(11-15)30(39)32-8-9-33(2)3)5-7-22(34)26(19)29(38)25(16)28(37)24(17)27(14)36/h4-7,11,14,16-17,23-24,34-35,38H,8-10,12-13H2,1-3H3,(H,32,39). The average Bonchev–Trinajstić information content (AvgIpc) is 2.87. The monoisotopic (exact) mass is 536 g/mol. The van der Waals surface area contributed by atoms with Crippen molar-refractivity contribution in [3.05, 3.63) is 58.4 Å². The van der Waals surface area contributed by atoms with Gasteiger partial charge in [0.25, 0.3) is 5.91 Å². The van der Waals surface area contributed by atoms with Gasteiger partial charge in [-0.05, 0) is 80.1 Å². The zero-order valence-corrected chi connectivity index (χ0v) is 22.2. The molecule has 5 rings (SSSR count). The Morgan fingerprint density at radius 3 is 2.59 bits per heavy atom. The molecular weight excluding hydrogens is 503 g/mol. The smallest absolute Gasteiger partial charge is 0.254 e. The summed E-state index contributed by atoms with van der Waals surface area (Å²) in [6.45, 7) is 2.56. The molecule has 5 atom stereocenters. The van der Waals surface area contributed by atoms with Gasteiger partial charge in [-0.15, -0.1) is 0 Å². The summed E-state index contributed by atoms with van der Waals surface area (Å²) in [5.41, 5.74) is 1.84. The van der Waals surface area contributed by atoms with Crippen molar-refractivity contribution in [3.63, 3.8) is 0 Å². The summed E-state index contributed by atoms with van der Waals surface area (Å²) in [7, 11) is 3.73. The first-order valence-corrected chi connectivity index (χ1v) is 13.3. The van der Waals surface area contributed by atoms with Crippen LogP contribution in [0.15, 0.2) is 35.9 Å². The van der Waals surface area contributed by atoms with Crippen molar-refractivity contribution >= 4 is 23.2 Å². The van der Waals surface area contributed by atoms with Crippen molar-refractivity contribution < 1.29 is 34.1 Å². The van der Waals surface area contributed by atoms with Crippen molar-refractivity contribution in [2.75, 3.05) is 27.2 Å². The van der Waals surface area contributed by atoms with Crippen LogP contribution in [-0.4, -0.2) is 71.0 Å². The number of aromatic hydroxyl groups is 1. The summed E-state index contributed by atoms with van der Waals surface area (Å²) in [4.78, 5) is 41.1. The highest BCUT2D eigenvalue weighted by atomic mass is 19.1. The summed E-state index contributed by atoms with van der Waals surface area (Å²) in [6.07, 6.45) is 0.248. The second kappa shape index (κ2) is 10.2. The predicted molar refractivity (Wildman–Crippen MR) is 143 cm³/mol. The van der Waals surface area contributed by atoms with Gasteiger partial charge in [-0.1, -0.05) is 19.1 Å². The van der Waals surface area contributed by atoms with E-state index in [2.05, 4.69) is 5.32 Å². The van der Waals surface area contributed by atoms with Crippen molar-refractivity contribution in [1.82, 2.24) is 10.2 Å². The molecule has 3 aliphatic rings. The third-order valence-corrected chi connectivity index (χ3v) is 8.49. The van der Waals surface area contributed by atoms with Crippen LogP contribution in [0.3, 0.4) is 0 Å². The van der Waals surface area contributed by atoms with E-state index in [1.165, 1.54) is 24.3 Å². The van der Waals surface area contributed by atoms with E-state index in [1.54, 1.807) is 13.0 Å². The first kappa shape index (κ1) is 27.0. The number of likely N-dealkylation sites (N-methyl/N-ethyl adjacent to an activating group) is 1. The van der Waals surface area contributed by atoms with Crippen molar-refractivity contribution in [2.45, 2.75) is 32.3 Å². The fraction of sp³-hybridized carbons (Fsp3) is 0.433. The van der Waals surface area contributed by atoms with Crippen LogP contribution in [0.1, 0.15) is 41.3 Å². The van der Waals surface area contributed by atoms with Gasteiger partial charge in [-0.2, -0.15) is 0 Å². The number of Topliss-reactive ketones (excluding diaryl/α,β-unsaturated/α-hetero) is 2. The van der Waals surface area contributed by atoms with Gasteiger partial charge in [0.15, 0.2) is 5.78 Å². The molecule has 9 heteroatoms. The van der Waals surface area contributed by atoms with Crippen LogP contribution >= 0.6 is 0 Å². The number of amides is 1. The summed E-state index contributed by atoms with van der Waals surface area (Å²) in [6, 6.07) is 7.24. The molecule has 39 heavy (non-hydrogen) atoms. The Balaban J connectivity index is 1.55. The number of phenols is 1. The third kappa shape index (κ3) is 4.63. The fourth-order valence-electron chi connectivity index (χ4n) is 6.40. The molecule has 4 N–H and O–H groups in total. The number of hydrogen-bond donors (Lipinski definition) is 4. The summed E-state index contributed by atoms with van der Waals surface area (Å²) < 4.78 is 14.7.